The Balaban J connectivity index is 2.25. The standard InChI is InChI=1S/C16H17ClFN3O3/c1-3-6-21-8-11(9(2)20-21)15(22)19-14(16(23)24)10-4-5-13(18)12(17)7-10/h4-5,7-8,14H,3,6H2,1-2H3,(H,19,22)(H,23,24)/t14-/m1/s1. The van der Waals surface area contributed by atoms with Crippen LogP contribution in [0, 0.1) is 12.7 Å². The second-order valence-corrected chi connectivity index (χ2v) is 5.72. The van der Waals surface area contributed by atoms with E-state index in [9.17, 15) is 19.1 Å². The maximum atomic E-state index is 13.2. The van der Waals surface area contributed by atoms with Crippen LogP contribution in [0.5, 0.6) is 0 Å². The highest BCUT2D eigenvalue weighted by atomic mass is 35.5. The zero-order chi connectivity index (χ0) is 17.9. The molecule has 2 aromatic rings. The third-order valence-corrected chi connectivity index (χ3v) is 3.73. The Morgan fingerprint density at radius 2 is 2.17 bits per heavy atom. The molecule has 8 heteroatoms. The van der Waals surface area contributed by atoms with Gasteiger partial charge in [-0.25, -0.2) is 9.18 Å². The van der Waals surface area contributed by atoms with Crippen LogP contribution in [0.1, 0.15) is 41.0 Å². The molecule has 0 unspecified atom stereocenters. The van der Waals surface area contributed by atoms with Gasteiger partial charge in [-0.1, -0.05) is 24.6 Å². The van der Waals surface area contributed by atoms with Crippen molar-refractivity contribution in [3.05, 3.63) is 52.1 Å². The topological polar surface area (TPSA) is 84.2 Å². The average Bonchev–Trinajstić information content (AvgIpc) is 2.88. The van der Waals surface area contributed by atoms with Gasteiger partial charge in [0, 0.05) is 12.7 Å². The van der Waals surface area contributed by atoms with Crippen molar-refractivity contribution >= 4 is 23.5 Å². The minimum Gasteiger partial charge on any atom is -0.479 e. The molecule has 1 aromatic heterocycles. The molecule has 128 valence electrons. The number of aliphatic carboxylic acids is 1. The Bertz CT molecular complexity index is 776. The van der Waals surface area contributed by atoms with E-state index in [4.69, 9.17) is 11.6 Å². The number of nitrogens with zero attached hydrogens (tertiary/aromatic N) is 2. The van der Waals surface area contributed by atoms with Crippen LogP contribution in [0.4, 0.5) is 4.39 Å². The highest BCUT2D eigenvalue weighted by molar-refractivity contribution is 6.30. The first kappa shape index (κ1) is 17.9. The van der Waals surface area contributed by atoms with Gasteiger partial charge < -0.3 is 10.4 Å². The normalized spacial score (nSPS) is 12.0. The van der Waals surface area contributed by atoms with Crippen LogP contribution in [0.2, 0.25) is 5.02 Å². The van der Waals surface area contributed by atoms with Crippen LogP contribution in [0.15, 0.2) is 24.4 Å². The molecule has 2 N–H and O–H groups in total. The molecule has 1 aromatic carbocycles. The Morgan fingerprint density at radius 1 is 1.46 bits per heavy atom. The van der Waals surface area contributed by atoms with Crippen molar-refractivity contribution in [2.45, 2.75) is 32.9 Å². The lowest BCUT2D eigenvalue weighted by Crippen LogP contribution is -2.34. The molecule has 0 aliphatic carbocycles. The van der Waals surface area contributed by atoms with Gasteiger partial charge in [0.1, 0.15) is 5.82 Å². The van der Waals surface area contributed by atoms with E-state index in [-0.39, 0.29) is 10.6 Å². The Morgan fingerprint density at radius 3 is 2.75 bits per heavy atom. The van der Waals surface area contributed by atoms with E-state index in [0.717, 1.165) is 12.5 Å². The smallest absolute Gasteiger partial charge is 0.330 e. The SMILES string of the molecule is CCCn1cc(C(=O)N[C@@H](C(=O)O)c2ccc(F)c(Cl)c2)c(C)n1. The van der Waals surface area contributed by atoms with Crippen LogP contribution < -0.4 is 5.32 Å². The summed E-state index contributed by atoms with van der Waals surface area (Å²) in [5.74, 6) is -2.50. The number of nitrogens with one attached hydrogen (secondary N) is 1. The van der Waals surface area contributed by atoms with Gasteiger partial charge in [0.2, 0.25) is 0 Å². The van der Waals surface area contributed by atoms with Crippen molar-refractivity contribution in [3.63, 3.8) is 0 Å². The highest BCUT2D eigenvalue weighted by Crippen LogP contribution is 2.22. The van der Waals surface area contributed by atoms with Crippen molar-refractivity contribution in [2.75, 3.05) is 0 Å². The maximum Gasteiger partial charge on any atom is 0.330 e. The number of carbonyl (C=O) groups excluding carboxylic acids is 1. The highest BCUT2D eigenvalue weighted by Gasteiger charge is 2.25. The molecule has 1 heterocycles. The predicted molar refractivity (Wildman–Crippen MR) is 86.5 cm³/mol. The number of halogens is 2. The van der Waals surface area contributed by atoms with Crippen LogP contribution in [-0.4, -0.2) is 26.8 Å². The molecule has 0 aliphatic rings. The summed E-state index contributed by atoms with van der Waals surface area (Å²) >= 11 is 5.69. The van der Waals surface area contributed by atoms with Gasteiger partial charge in [-0.3, -0.25) is 9.48 Å². The summed E-state index contributed by atoms with van der Waals surface area (Å²) in [6.07, 6.45) is 2.43. The van der Waals surface area contributed by atoms with Gasteiger partial charge >= 0.3 is 5.97 Å². The van der Waals surface area contributed by atoms with Gasteiger partial charge in [-0.15, -0.1) is 0 Å². The fraction of sp³-hybridized carbons (Fsp3) is 0.312. The van der Waals surface area contributed by atoms with Crippen LogP contribution in [0.25, 0.3) is 0 Å². The number of benzene rings is 1. The lowest BCUT2D eigenvalue weighted by molar-refractivity contribution is -0.139. The number of carboxylic acids is 1. The predicted octanol–water partition coefficient (Wildman–Crippen LogP) is 2.95. The Labute approximate surface area is 143 Å². The van der Waals surface area contributed by atoms with Crippen LogP contribution >= 0.6 is 11.6 Å². The molecule has 0 saturated heterocycles. The quantitative estimate of drug-likeness (QED) is 0.836. The molecule has 0 saturated carbocycles. The summed E-state index contributed by atoms with van der Waals surface area (Å²) in [7, 11) is 0. The minimum atomic E-state index is -1.34. The van der Waals surface area contributed by atoms with Crippen molar-refractivity contribution in [3.8, 4) is 0 Å². The van der Waals surface area contributed by atoms with Crippen molar-refractivity contribution in [1.29, 1.82) is 0 Å². The summed E-state index contributed by atoms with van der Waals surface area (Å²) in [5.41, 5.74) is 0.978. The lowest BCUT2D eigenvalue weighted by Gasteiger charge is -2.15. The Hall–Kier alpha value is -2.41. The van der Waals surface area contributed by atoms with E-state index in [1.165, 1.54) is 12.1 Å². The van der Waals surface area contributed by atoms with E-state index in [0.29, 0.717) is 17.8 Å². The molecule has 0 aliphatic heterocycles. The molecule has 0 bridgehead atoms. The average molecular weight is 354 g/mol. The number of hydrogen-bond acceptors (Lipinski definition) is 3. The second-order valence-electron chi connectivity index (χ2n) is 5.31. The number of rotatable bonds is 6. The number of aromatic nitrogens is 2. The van der Waals surface area contributed by atoms with Crippen LogP contribution in [0.3, 0.4) is 0 Å². The van der Waals surface area contributed by atoms with Crippen LogP contribution in [-0.2, 0) is 11.3 Å². The summed E-state index contributed by atoms with van der Waals surface area (Å²) in [4.78, 5) is 23.9. The fourth-order valence-corrected chi connectivity index (χ4v) is 2.46. The van der Waals surface area contributed by atoms with Gasteiger partial charge in [-0.2, -0.15) is 5.10 Å². The van der Waals surface area contributed by atoms with Gasteiger partial charge in [0.25, 0.3) is 5.91 Å². The second kappa shape index (κ2) is 7.44. The number of carbonyl (C=O) groups is 2. The zero-order valence-electron chi connectivity index (χ0n) is 13.2. The van der Waals surface area contributed by atoms with Gasteiger partial charge in [0.15, 0.2) is 6.04 Å². The first-order chi connectivity index (χ1) is 11.3. The summed E-state index contributed by atoms with van der Waals surface area (Å²) < 4.78 is 14.9. The maximum absolute atomic E-state index is 13.2. The van der Waals surface area contributed by atoms with E-state index in [1.807, 2.05) is 6.92 Å². The van der Waals surface area contributed by atoms with E-state index in [1.54, 1.807) is 17.8 Å². The number of hydrogen-bond donors (Lipinski definition) is 2. The molecule has 0 fully saturated rings. The monoisotopic (exact) mass is 353 g/mol. The fourth-order valence-electron chi connectivity index (χ4n) is 2.27. The molecule has 24 heavy (non-hydrogen) atoms. The summed E-state index contributed by atoms with van der Waals surface area (Å²) in [6, 6.07) is 2.17. The molecule has 2 rings (SSSR count). The van der Waals surface area contributed by atoms with Crippen molar-refractivity contribution in [2.24, 2.45) is 0 Å². The lowest BCUT2D eigenvalue weighted by atomic mass is 10.1. The van der Waals surface area contributed by atoms with E-state index >= 15 is 0 Å². The molecule has 6 nitrogen and oxygen atoms in total. The minimum absolute atomic E-state index is 0.181. The number of aryl methyl sites for hydroxylation is 2. The molecule has 0 radical (unpaired) electrons. The summed E-state index contributed by atoms with van der Waals surface area (Å²) in [6.45, 7) is 4.31. The van der Waals surface area contributed by atoms with E-state index in [2.05, 4.69) is 10.4 Å². The first-order valence-electron chi connectivity index (χ1n) is 7.36. The zero-order valence-corrected chi connectivity index (χ0v) is 14.0. The number of carboxylic acid groups (broad SMARTS) is 1. The Kier molecular flexibility index (Phi) is 5.56. The third-order valence-electron chi connectivity index (χ3n) is 3.44. The molecule has 0 spiro atoms. The van der Waals surface area contributed by atoms with Gasteiger partial charge in [-0.05, 0) is 31.0 Å². The molecular weight excluding hydrogens is 337 g/mol. The number of amides is 1. The molecular formula is C16H17ClFN3O3. The van der Waals surface area contributed by atoms with Crippen molar-refractivity contribution in [1.82, 2.24) is 15.1 Å². The molecule has 1 atom stereocenters. The van der Waals surface area contributed by atoms with E-state index < -0.39 is 23.7 Å². The third kappa shape index (κ3) is 3.91. The molecule has 1 amide bonds. The van der Waals surface area contributed by atoms with Gasteiger partial charge in [0.05, 0.1) is 16.3 Å². The van der Waals surface area contributed by atoms with Crippen molar-refractivity contribution < 1.29 is 19.1 Å². The largest absolute Gasteiger partial charge is 0.479 e. The summed E-state index contributed by atoms with van der Waals surface area (Å²) in [5, 5.41) is 15.8. The first-order valence-corrected chi connectivity index (χ1v) is 7.74.